The molecule has 0 spiro atoms. The molecule has 0 aliphatic carbocycles. The van der Waals surface area contributed by atoms with Crippen molar-refractivity contribution < 1.29 is 22.7 Å². The van der Waals surface area contributed by atoms with Gasteiger partial charge in [0.2, 0.25) is 6.10 Å². The van der Waals surface area contributed by atoms with Crippen LogP contribution in [0.5, 0.6) is 0 Å². The molecule has 0 bridgehead atoms. The summed E-state index contributed by atoms with van der Waals surface area (Å²) in [7, 11) is 0. The third-order valence-corrected chi connectivity index (χ3v) is 1.86. The SMILES string of the molecule is O[C@@H](c1occc1Br)C(F)(F)F. The molecule has 1 atom stereocenters. The largest absolute Gasteiger partial charge is 0.465 e. The topological polar surface area (TPSA) is 33.4 Å². The third kappa shape index (κ3) is 1.81. The van der Waals surface area contributed by atoms with Crippen LogP contribution in [0.2, 0.25) is 0 Å². The van der Waals surface area contributed by atoms with Crippen LogP contribution in [0.4, 0.5) is 13.2 Å². The molecular formula is C6H4BrF3O2. The Bertz CT molecular complexity index is 268. The van der Waals surface area contributed by atoms with Crippen molar-refractivity contribution in [2.24, 2.45) is 0 Å². The second-order valence-corrected chi connectivity index (χ2v) is 2.93. The molecule has 1 rings (SSSR count). The fraction of sp³-hybridized carbons (Fsp3) is 0.333. The molecule has 0 unspecified atom stereocenters. The second-order valence-electron chi connectivity index (χ2n) is 2.08. The Balaban J connectivity index is 2.92. The van der Waals surface area contributed by atoms with Gasteiger partial charge in [-0.1, -0.05) is 0 Å². The first-order chi connectivity index (χ1) is 5.43. The summed E-state index contributed by atoms with van der Waals surface area (Å²) in [5.74, 6) is -0.525. The predicted molar refractivity (Wildman–Crippen MR) is 37.4 cm³/mol. The molecular weight excluding hydrogens is 241 g/mol. The Kier molecular flexibility index (Phi) is 2.48. The quantitative estimate of drug-likeness (QED) is 0.824. The molecule has 0 amide bonds. The highest BCUT2D eigenvalue weighted by molar-refractivity contribution is 9.10. The number of hydrogen-bond acceptors (Lipinski definition) is 2. The van der Waals surface area contributed by atoms with Crippen molar-refractivity contribution >= 4 is 15.9 Å². The van der Waals surface area contributed by atoms with Gasteiger partial charge in [0.25, 0.3) is 0 Å². The molecule has 68 valence electrons. The van der Waals surface area contributed by atoms with Gasteiger partial charge in [0, 0.05) is 0 Å². The summed E-state index contributed by atoms with van der Waals surface area (Å²) in [4.78, 5) is 0. The fourth-order valence-electron chi connectivity index (χ4n) is 0.649. The van der Waals surface area contributed by atoms with Crippen LogP contribution >= 0.6 is 15.9 Å². The zero-order valence-corrected chi connectivity index (χ0v) is 7.19. The van der Waals surface area contributed by atoms with E-state index in [1.807, 2.05) is 0 Å². The maximum atomic E-state index is 11.9. The maximum absolute atomic E-state index is 11.9. The number of halogens is 4. The lowest BCUT2D eigenvalue weighted by atomic mass is 10.3. The number of aliphatic hydroxyl groups excluding tert-OH is 1. The summed E-state index contributed by atoms with van der Waals surface area (Å²) in [6, 6.07) is 1.28. The number of rotatable bonds is 1. The Morgan fingerprint density at radius 1 is 1.50 bits per heavy atom. The molecule has 0 aliphatic rings. The van der Waals surface area contributed by atoms with Gasteiger partial charge in [-0.25, -0.2) is 0 Å². The van der Waals surface area contributed by atoms with Crippen LogP contribution in [0.1, 0.15) is 11.9 Å². The average Bonchev–Trinajstić information content (AvgIpc) is 2.31. The highest BCUT2D eigenvalue weighted by Gasteiger charge is 2.42. The van der Waals surface area contributed by atoms with Crippen molar-refractivity contribution in [2.75, 3.05) is 0 Å². The van der Waals surface area contributed by atoms with Gasteiger partial charge >= 0.3 is 6.18 Å². The normalized spacial score (nSPS) is 14.8. The molecule has 0 aromatic carbocycles. The van der Waals surface area contributed by atoms with Gasteiger partial charge in [0.1, 0.15) is 0 Å². The van der Waals surface area contributed by atoms with E-state index in [0.717, 1.165) is 6.26 Å². The van der Waals surface area contributed by atoms with Crippen LogP contribution in [-0.4, -0.2) is 11.3 Å². The molecule has 0 radical (unpaired) electrons. The molecule has 12 heavy (non-hydrogen) atoms. The molecule has 1 aromatic heterocycles. The van der Waals surface area contributed by atoms with Gasteiger partial charge in [0.15, 0.2) is 5.76 Å². The smallest absolute Gasteiger partial charge is 0.421 e. The summed E-state index contributed by atoms with van der Waals surface area (Å²) in [6.45, 7) is 0. The Morgan fingerprint density at radius 3 is 2.42 bits per heavy atom. The number of alkyl halides is 3. The first-order valence-corrected chi connectivity index (χ1v) is 3.70. The van der Waals surface area contributed by atoms with Gasteiger partial charge in [0.05, 0.1) is 10.7 Å². The summed E-state index contributed by atoms with van der Waals surface area (Å²) >= 11 is 2.81. The van der Waals surface area contributed by atoms with Crippen LogP contribution < -0.4 is 0 Å². The monoisotopic (exact) mass is 244 g/mol. The van der Waals surface area contributed by atoms with E-state index in [4.69, 9.17) is 5.11 Å². The minimum atomic E-state index is -4.69. The zero-order chi connectivity index (χ0) is 9.35. The van der Waals surface area contributed by atoms with E-state index in [1.54, 1.807) is 0 Å². The van der Waals surface area contributed by atoms with Crippen LogP contribution in [0.25, 0.3) is 0 Å². The van der Waals surface area contributed by atoms with Gasteiger partial charge < -0.3 is 9.52 Å². The fourth-order valence-corrected chi connectivity index (χ4v) is 1.07. The van der Waals surface area contributed by atoms with Crippen molar-refractivity contribution in [2.45, 2.75) is 12.3 Å². The van der Waals surface area contributed by atoms with Gasteiger partial charge in [-0.05, 0) is 22.0 Å². The van der Waals surface area contributed by atoms with E-state index in [2.05, 4.69) is 20.3 Å². The molecule has 1 heterocycles. The molecule has 1 N–H and O–H groups in total. The molecule has 0 aliphatic heterocycles. The molecule has 1 aromatic rings. The number of hydrogen-bond donors (Lipinski definition) is 1. The summed E-state index contributed by atoms with van der Waals surface area (Å²) in [6.07, 6.45) is -6.20. The lowest BCUT2D eigenvalue weighted by Gasteiger charge is -2.11. The lowest BCUT2D eigenvalue weighted by Crippen LogP contribution is -2.19. The summed E-state index contributed by atoms with van der Waals surface area (Å²) in [5.41, 5.74) is 0. The van der Waals surface area contributed by atoms with Crippen molar-refractivity contribution in [1.29, 1.82) is 0 Å². The Labute approximate surface area is 74.1 Å². The van der Waals surface area contributed by atoms with Crippen LogP contribution in [-0.2, 0) is 0 Å². The summed E-state index contributed by atoms with van der Waals surface area (Å²) in [5, 5.41) is 8.68. The van der Waals surface area contributed by atoms with Gasteiger partial charge in [-0.3, -0.25) is 0 Å². The van der Waals surface area contributed by atoms with E-state index < -0.39 is 18.0 Å². The van der Waals surface area contributed by atoms with Crippen LogP contribution in [0, 0.1) is 0 Å². The van der Waals surface area contributed by atoms with E-state index in [-0.39, 0.29) is 4.47 Å². The zero-order valence-electron chi connectivity index (χ0n) is 5.60. The standard InChI is InChI=1S/C6H4BrF3O2/c7-3-1-2-12-4(3)5(11)6(8,9)10/h1-2,5,11H/t5-/m0/s1. The van der Waals surface area contributed by atoms with Crippen molar-refractivity contribution in [3.63, 3.8) is 0 Å². The molecule has 2 nitrogen and oxygen atoms in total. The van der Waals surface area contributed by atoms with Gasteiger partial charge in [-0.2, -0.15) is 13.2 Å². The van der Waals surface area contributed by atoms with E-state index in [9.17, 15) is 13.2 Å². The number of furan rings is 1. The van der Waals surface area contributed by atoms with E-state index in [0.29, 0.717) is 0 Å². The average molecular weight is 245 g/mol. The van der Waals surface area contributed by atoms with Crippen molar-refractivity contribution in [3.8, 4) is 0 Å². The van der Waals surface area contributed by atoms with Crippen molar-refractivity contribution in [3.05, 3.63) is 22.6 Å². The van der Waals surface area contributed by atoms with E-state index >= 15 is 0 Å². The van der Waals surface area contributed by atoms with E-state index in [1.165, 1.54) is 6.07 Å². The van der Waals surface area contributed by atoms with Crippen molar-refractivity contribution in [1.82, 2.24) is 0 Å². The van der Waals surface area contributed by atoms with Crippen LogP contribution in [0.15, 0.2) is 21.2 Å². The van der Waals surface area contributed by atoms with Crippen LogP contribution in [0.3, 0.4) is 0 Å². The van der Waals surface area contributed by atoms with Gasteiger partial charge in [-0.15, -0.1) is 0 Å². The third-order valence-electron chi connectivity index (χ3n) is 1.20. The highest BCUT2D eigenvalue weighted by atomic mass is 79.9. The lowest BCUT2D eigenvalue weighted by molar-refractivity contribution is -0.211. The predicted octanol–water partition coefficient (Wildman–Crippen LogP) is 2.64. The molecule has 0 fully saturated rings. The minimum Gasteiger partial charge on any atom is -0.465 e. The Hall–Kier alpha value is -0.490. The molecule has 0 saturated carbocycles. The molecule has 0 saturated heterocycles. The number of aliphatic hydroxyl groups is 1. The Morgan fingerprint density at radius 2 is 2.08 bits per heavy atom. The molecule has 6 heteroatoms. The highest BCUT2D eigenvalue weighted by Crippen LogP contribution is 2.36. The first kappa shape index (κ1) is 9.60. The minimum absolute atomic E-state index is 0.104. The summed E-state index contributed by atoms with van der Waals surface area (Å²) < 4.78 is 40.1. The first-order valence-electron chi connectivity index (χ1n) is 2.90. The second kappa shape index (κ2) is 3.10. The maximum Gasteiger partial charge on any atom is 0.421 e.